The van der Waals surface area contributed by atoms with Crippen molar-refractivity contribution in [3.05, 3.63) is 47.2 Å². The van der Waals surface area contributed by atoms with E-state index in [1.807, 2.05) is 24.3 Å². The van der Waals surface area contributed by atoms with Crippen molar-refractivity contribution in [1.82, 2.24) is 4.67 Å². The third kappa shape index (κ3) is 1.77. The average Bonchev–Trinajstić information content (AvgIpc) is 2.36. The highest BCUT2D eigenvalue weighted by molar-refractivity contribution is 7.13. The molecule has 0 radical (unpaired) electrons. The van der Waals surface area contributed by atoms with E-state index in [2.05, 4.69) is 9.39 Å². The van der Waals surface area contributed by atoms with Crippen LogP contribution in [0.2, 0.25) is 0 Å². The molecule has 1 aliphatic rings. The maximum absolute atomic E-state index is 11.9. The van der Waals surface area contributed by atoms with E-state index < -0.39 is 0 Å². The number of Topliss-reactive ketones (excluding diaryl/α,β-unsaturated/α-hetero) is 1. The summed E-state index contributed by atoms with van der Waals surface area (Å²) in [6.45, 7) is 0.623. The fourth-order valence-corrected chi connectivity index (χ4v) is 1.92. The molecule has 0 spiro atoms. The number of benzene rings is 1. The van der Waals surface area contributed by atoms with Crippen LogP contribution < -0.4 is 0 Å². The minimum Gasteiger partial charge on any atom is -0.356 e. The summed E-state index contributed by atoms with van der Waals surface area (Å²) in [4.78, 5) is 11.9. The highest BCUT2D eigenvalue weighted by Gasteiger charge is 2.19. The fraction of sp³-hybridized carbons (Fsp3) is 0.0909. The Hall–Kier alpha value is -1.65. The molecule has 1 unspecified atom stereocenters. The third-order valence-electron chi connectivity index (χ3n) is 2.27. The van der Waals surface area contributed by atoms with E-state index in [0.29, 0.717) is 12.1 Å². The lowest BCUT2D eigenvalue weighted by atomic mass is 10.0. The summed E-state index contributed by atoms with van der Waals surface area (Å²) in [5.41, 5.74) is 1.74. The highest BCUT2D eigenvalue weighted by Crippen LogP contribution is 2.22. The van der Waals surface area contributed by atoms with Crippen LogP contribution in [0.25, 0.3) is 0 Å². The normalized spacial score (nSPS) is 15.1. The van der Waals surface area contributed by atoms with Crippen LogP contribution in [0.1, 0.15) is 15.9 Å². The molecular weight excluding hydrogens is 207 g/mol. The van der Waals surface area contributed by atoms with E-state index in [1.165, 1.54) is 0 Å². The van der Waals surface area contributed by atoms with Gasteiger partial charge in [-0.2, -0.15) is 5.26 Å². The van der Waals surface area contributed by atoms with Gasteiger partial charge in [-0.3, -0.25) is 4.79 Å². The summed E-state index contributed by atoms with van der Waals surface area (Å²) < 4.78 is 1.77. The van der Waals surface area contributed by atoms with Gasteiger partial charge in [-0.15, -0.1) is 0 Å². The summed E-state index contributed by atoms with van der Waals surface area (Å²) in [5.74, 6) is -0.196. The molecule has 15 heavy (non-hydrogen) atoms. The molecular formula is C11H9N2OP. The number of nitrogens with zero attached hydrogens (tertiary/aromatic N) is 2. The molecule has 1 aromatic carbocycles. The van der Waals surface area contributed by atoms with E-state index in [9.17, 15) is 4.79 Å². The second kappa shape index (κ2) is 3.84. The van der Waals surface area contributed by atoms with Crippen molar-refractivity contribution in [3.63, 3.8) is 0 Å². The second-order valence-electron chi connectivity index (χ2n) is 3.31. The Balaban J connectivity index is 2.58. The van der Waals surface area contributed by atoms with Gasteiger partial charge in [0, 0.05) is 18.3 Å². The molecule has 1 atom stereocenters. The van der Waals surface area contributed by atoms with Gasteiger partial charge in [-0.1, -0.05) is 24.3 Å². The van der Waals surface area contributed by atoms with E-state index >= 15 is 0 Å². The van der Waals surface area contributed by atoms with Gasteiger partial charge in [-0.05, 0) is 15.0 Å². The Bertz CT molecular complexity index is 488. The molecule has 3 nitrogen and oxygen atoms in total. The minimum atomic E-state index is -0.196. The number of allylic oxidation sites excluding steroid dienone is 1. The monoisotopic (exact) mass is 216 g/mol. The fourth-order valence-electron chi connectivity index (χ4n) is 1.57. The average molecular weight is 216 g/mol. The summed E-state index contributed by atoms with van der Waals surface area (Å²) >= 11 is 0. The Morgan fingerprint density at radius 2 is 2.13 bits per heavy atom. The molecule has 0 amide bonds. The Morgan fingerprint density at radius 1 is 1.40 bits per heavy atom. The summed E-state index contributed by atoms with van der Waals surface area (Å²) in [7, 11) is 2.48. The molecule has 0 aliphatic carbocycles. The molecule has 2 rings (SSSR count). The molecule has 1 aromatic rings. The Kier molecular flexibility index (Phi) is 2.53. The van der Waals surface area contributed by atoms with Gasteiger partial charge in [0.2, 0.25) is 5.78 Å². The minimum absolute atomic E-state index is 0.176. The summed E-state index contributed by atoms with van der Waals surface area (Å²) in [5, 5.41) is 8.85. The number of hydrogen-bond donors (Lipinski definition) is 0. The van der Waals surface area contributed by atoms with Gasteiger partial charge in [0.15, 0.2) is 0 Å². The van der Waals surface area contributed by atoms with Gasteiger partial charge in [0.25, 0.3) is 0 Å². The van der Waals surface area contributed by atoms with Crippen LogP contribution >= 0.6 is 9.39 Å². The number of nitriles is 1. The molecule has 1 aliphatic heterocycles. The molecule has 0 aromatic heterocycles. The summed E-state index contributed by atoms with van der Waals surface area (Å²) in [6, 6.07) is 9.28. The van der Waals surface area contributed by atoms with Gasteiger partial charge in [0.1, 0.15) is 11.6 Å². The first-order valence-corrected chi connectivity index (χ1v) is 5.00. The van der Waals surface area contributed by atoms with Crippen LogP contribution in [-0.4, -0.2) is 10.5 Å². The van der Waals surface area contributed by atoms with E-state index in [4.69, 9.17) is 5.26 Å². The van der Waals surface area contributed by atoms with Gasteiger partial charge in [-0.25, -0.2) is 0 Å². The van der Waals surface area contributed by atoms with Crippen LogP contribution in [0.5, 0.6) is 0 Å². The number of fused-ring (bicyclic) bond motifs is 1. The molecule has 0 saturated heterocycles. The first-order valence-electron chi connectivity index (χ1n) is 4.48. The largest absolute Gasteiger partial charge is 0.356 e. The van der Waals surface area contributed by atoms with Crippen molar-refractivity contribution < 1.29 is 4.79 Å². The van der Waals surface area contributed by atoms with Crippen LogP contribution in [0, 0.1) is 11.3 Å². The van der Waals surface area contributed by atoms with Crippen molar-refractivity contribution in [2.45, 2.75) is 6.54 Å². The van der Waals surface area contributed by atoms with Gasteiger partial charge < -0.3 is 4.67 Å². The number of hydrogen-bond acceptors (Lipinski definition) is 3. The highest BCUT2D eigenvalue weighted by atomic mass is 31.0. The van der Waals surface area contributed by atoms with Gasteiger partial charge in [0.05, 0.1) is 0 Å². The zero-order valence-corrected chi connectivity index (χ0v) is 9.13. The van der Waals surface area contributed by atoms with Crippen LogP contribution in [0.15, 0.2) is 36.0 Å². The maximum atomic E-state index is 11.9. The third-order valence-corrected chi connectivity index (χ3v) is 2.61. The standard InChI is InChI=1S/C11H9N2OP/c12-5-9-7-13(15)6-8-3-1-2-4-10(8)11(9)14/h1-4,7H,6,15H2. The van der Waals surface area contributed by atoms with Crippen LogP contribution in [0.3, 0.4) is 0 Å². The molecule has 0 N–H and O–H groups in total. The molecule has 0 saturated carbocycles. The Morgan fingerprint density at radius 3 is 2.87 bits per heavy atom. The molecule has 1 heterocycles. The van der Waals surface area contributed by atoms with Crippen molar-refractivity contribution >= 4 is 15.2 Å². The maximum Gasteiger partial charge on any atom is 0.205 e. The van der Waals surface area contributed by atoms with E-state index in [0.717, 1.165) is 5.56 Å². The van der Waals surface area contributed by atoms with Crippen molar-refractivity contribution in [2.24, 2.45) is 0 Å². The van der Waals surface area contributed by atoms with Crippen LogP contribution in [-0.2, 0) is 6.54 Å². The number of carbonyl (C=O) groups excluding carboxylic acids is 1. The molecule has 0 bridgehead atoms. The Labute approximate surface area is 90.3 Å². The lowest BCUT2D eigenvalue weighted by molar-refractivity contribution is 0.103. The number of ketones is 1. The van der Waals surface area contributed by atoms with Gasteiger partial charge >= 0.3 is 0 Å². The SMILES string of the molecule is N#CC1=CN(P)Cc2ccccc2C1=O. The van der Waals surface area contributed by atoms with Crippen LogP contribution in [0.4, 0.5) is 0 Å². The quantitative estimate of drug-likeness (QED) is 0.622. The number of carbonyl (C=O) groups is 1. The van der Waals surface area contributed by atoms with Crippen molar-refractivity contribution in [1.29, 1.82) is 5.26 Å². The molecule has 74 valence electrons. The van der Waals surface area contributed by atoms with E-state index in [-0.39, 0.29) is 11.4 Å². The lowest BCUT2D eigenvalue weighted by Gasteiger charge is -2.11. The summed E-state index contributed by atoms with van der Waals surface area (Å²) in [6.07, 6.45) is 1.56. The van der Waals surface area contributed by atoms with Crippen molar-refractivity contribution in [3.8, 4) is 6.07 Å². The topological polar surface area (TPSA) is 44.1 Å². The molecule has 4 heteroatoms. The predicted molar refractivity (Wildman–Crippen MR) is 59.7 cm³/mol. The zero-order valence-electron chi connectivity index (χ0n) is 7.97. The van der Waals surface area contributed by atoms with Crippen molar-refractivity contribution in [2.75, 3.05) is 0 Å². The smallest absolute Gasteiger partial charge is 0.205 e. The predicted octanol–water partition coefficient (Wildman–Crippen LogP) is 1.88. The first-order chi connectivity index (χ1) is 7.22. The molecule has 0 fully saturated rings. The number of rotatable bonds is 0. The van der Waals surface area contributed by atoms with E-state index in [1.54, 1.807) is 16.9 Å². The lowest BCUT2D eigenvalue weighted by Crippen LogP contribution is -2.03. The second-order valence-corrected chi connectivity index (χ2v) is 3.98. The first kappa shape index (κ1) is 9.89. The zero-order chi connectivity index (χ0) is 10.8.